The fraction of sp³-hybridized carbons (Fsp3) is 0.154. The molecule has 1 aromatic carbocycles. The van der Waals surface area contributed by atoms with Crippen molar-refractivity contribution in [1.82, 2.24) is 0 Å². The molecule has 0 bridgehead atoms. The third-order valence-electron chi connectivity index (χ3n) is 2.33. The highest BCUT2D eigenvalue weighted by molar-refractivity contribution is 5.87. The molecule has 0 unspecified atom stereocenters. The summed E-state index contributed by atoms with van der Waals surface area (Å²) in [5.74, 6) is -0.695. The van der Waals surface area contributed by atoms with Gasteiger partial charge in [0.1, 0.15) is 5.75 Å². The van der Waals surface area contributed by atoms with E-state index in [9.17, 15) is 4.79 Å². The molecule has 0 atom stereocenters. The van der Waals surface area contributed by atoms with E-state index in [1.54, 1.807) is 50.3 Å². The molecule has 0 saturated heterocycles. The van der Waals surface area contributed by atoms with Crippen molar-refractivity contribution in [2.75, 3.05) is 0 Å². The van der Waals surface area contributed by atoms with Gasteiger partial charge in [0.05, 0.1) is 0 Å². The normalized spacial score (nSPS) is 12.6. The summed E-state index contributed by atoms with van der Waals surface area (Å²) in [5.41, 5.74) is 1.95. The van der Waals surface area contributed by atoms with Crippen LogP contribution in [0.3, 0.4) is 0 Å². The first-order chi connectivity index (χ1) is 7.50. The van der Waals surface area contributed by atoms with Gasteiger partial charge in [-0.05, 0) is 37.1 Å². The number of allylic oxidation sites excluding steroid dienone is 2. The number of carboxylic acid groups (broad SMARTS) is 1. The molecule has 1 rings (SSSR count). The highest BCUT2D eigenvalue weighted by Gasteiger charge is 2.01. The molecule has 2 N–H and O–H groups in total. The van der Waals surface area contributed by atoms with E-state index in [0.29, 0.717) is 11.1 Å². The van der Waals surface area contributed by atoms with Crippen LogP contribution in [0.4, 0.5) is 0 Å². The Bertz CT molecular complexity index is 439. The van der Waals surface area contributed by atoms with Crippen molar-refractivity contribution in [3.8, 4) is 5.75 Å². The van der Waals surface area contributed by atoms with Gasteiger partial charge in [-0.2, -0.15) is 0 Å². The van der Waals surface area contributed by atoms with Gasteiger partial charge in [0.2, 0.25) is 0 Å². The Morgan fingerprint density at radius 2 is 1.75 bits per heavy atom. The highest BCUT2D eigenvalue weighted by Crippen LogP contribution is 2.13. The molecule has 1 aromatic rings. The summed E-state index contributed by atoms with van der Waals surface area (Å²) in [6, 6.07) is 6.69. The minimum Gasteiger partial charge on any atom is -0.508 e. The van der Waals surface area contributed by atoms with Gasteiger partial charge in [0, 0.05) is 5.57 Å². The monoisotopic (exact) mass is 218 g/mol. The summed E-state index contributed by atoms with van der Waals surface area (Å²) in [6.07, 6.45) is 3.55. The maximum Gasteiger partial charge on any atom is 0.331 e. The molecule has 0 aliphatic rings. The second-order valence-electron chi connectivity index (χ2n) is 3.54. The smallest absolute Gasteiger partial charge is 0.331 e. The van der Waals surface area contributed by atoms with Crippen molar-refractivity contribution in [3.05, 3.63) is 47.1 Å². The Morgan fingerprint density at radius 1 is 1.19 bits per heavy atom. The van der Waals surface area contributed by atoms with Crippen LogP contribution in [0, 0.1) is 0 Å². The van der Waals surface area contributed by atoms with Crippen LogP contribution < -0.4 is 0 Å². The molecule has 0 heterocycles. The summed E-state index contributed by atoms with van der Waals surface area (Å²) >= 11 is 0. The Hall–Kier alpha value is -2.03. The predicted octanol–water partition coefficient (Wildman–Crippen LogP) is 2.83. The highest BCUT2D eigenvalue weighted by atomic mass is 16.4. The fourth-order valence-electron chi connectivity index (χ4n) is 1.10. The lowest BCUT2D eigenvalue weighted by Crippen LogP contribution is -1.97. The van der Waals surface area contributed by atoms with E-state index in [1.165, 1.54) is 0 Å². The third kappa shape index (κ3) is 3.28. The topological polar surface area (TPSA) is 57.5 Å². The van der Waals surface area contributed by atoms with Crippen LogP contribution >= 0.6 is 0 Å². The van der Waals surface area contributed by atoms with E-state index in [2.05, 4.69) is 0 Å². The van der Waals surface area contributed by atoms with E-state index in [-0.39, 0.29) is 5.75 Å². The van der Waals surface area contributed by atoms with Crippen LogP contribution in [0.1, 0.15) is 19.4 Å². The van der Waals surface area contributed by atoms with E-state index in [0.717, 1.165) is 5.56 Å². The minimum absolute atomic E-state index is 0.214. The number of carbonyl (C=O) groups is 1. The molecule has 0 amide bonds. The molecule has 0 saturated carbocycles. The Balaban J connectivity index is 2.85. The van der Waals surface area contributed by atoms with Gasteiger partial charge in [0.25, 0.3) is 0 Å². The second-order valence-corrected chi connectivity index (χ2v) is 3.54. The summed E-state index contributed by atoms with van der Waals surface area (Å²) in [4.78, 5) is 10.7. The number of carboxylic acids is 1. The number of hydrogen-bond acceptors (Lipinski definition) is 2. The maximum atomic E-state index is 10.7. The summed E-state index contributed by atoms with van der Waals surface area (Å²) < 4.78 is 0. The molecule has 84 valence electrons. The predicted molar refractivity (Wildman–Crippen MR) is 63.2 cm³/mol. The Labute approximate surface area is 94.4 Å². The first kappa shape index (κ1) is 12.0. The molecule has 3 nitrogen and oxygen atoms in total. The van der Waals surface area contributed by atoms with E-state index in [1.807, 2.05) is 0 Å². The number of hydrogen-bond donors (Lipinski definition) is 2. The van der Waals surface area contributed by atoms with Crippen LogP contribution in [0.25, 0.3) is 6.08 Å². The van der Waals surface area contributed by atoms with Crippen molar-refractivity contribution in [2.24, 2.45) is 0 Å². The van der Waals surface area contributed by atoms with Gasteiger partial charge in [-0.25, -0.2) is 4.79 Å². The molecule has 0 fully saturated rings. The van der Waals surface area contributed by atoms with Crippen molar-refractivity contribution >= 4 is 12.0 Å². The lowest BCUT2D eigenvalue weighted by Gasteiger charge is -1.98. The number of aromatic hydroxyl groups is 1. The Morgan fingerprint density at radius 3 is 2.25 bits per heavy atom. The largest absolute Gasteiger partial charge is 0.508 e. The van der Waals surface area contributed by atoms with Gasteiger partial charge in [0.15, 0.2) is 0 Å². The average molecular weight is 218 g/mol. The number of phenols is 1. The zero-order chi connectivity index (χ0) is 12.1. The van der Waals surface area contributed by atoms with Gasteiger partial charge in [-0.3, -0.25) is 0 Å². The Kier molecular flexibility index (Phi) is 3.89. The summed E-state index contributed by atoms with van der Waals surface area (Å²) in [6.45, 7) is 3.32. The molecule has 3 heteroatoms. The van der Waals surface area contributed by atoms with Gasteiger partial charge in [-0.15, -0.1) is 0 Å². The molecule has 0 radical (unpaired) electrons. The van der Waals surface area contributed by atoms with E-state index >= 15 is 0 Å². The molecule has 0 aromatic heterocycles. The number of rotatable bonds is 3. The van der Waals surface area contributed by atoms with Crippen molar-refractivity contribution in [1.29, 1.82) is 0 Å². The quantitative estimate of drug-likeness (QED) is 0.605. The van der Waals surface area contributed by atoms with Gasteiger partial charge >= 0.3 is 5.97 Å². The lowest BCUT2D eigenvalue weighted by atomic mass is 10.1. The standard InChI is InChI=1S/C13H14O3/c1-9(10(2)13(15)16)3-4-11-5-7-12(14)8-6-11/h3-8,14H,1-2H3,(H,15,16). The molecule has 0 spiro atoms. The average Bonchev–Trinajstić information content (AvgIpc) is 2.26. The zero-order valence-corrected chi connectivity index (χ0v) is 9.27. The lowest BCUT2D eigenvalue weighted by molar-refractivity contribution is -0.132. The third-order valence-corrected chi connectivity index (χ3v) is 2.33. The van der Waals surface area contributed by atoms with Crippen LogP contribution in [-0.2, 0) is 4.79 Å². The van der Waals surface area contributed by atoms with Gasteiger partial charge in [-0.1, -0.05) is 24.3 Å². The number of aliphatic carboxylic acids is 1. The molecular weight excluding hydrogens is 204 g/mol. The van der Waals surface area contributed by atoms with E-state index < -0.39 is 5.97 Å². The van der Waals surface area contributed by atoms with Crippen molar-refractivity contribution in [3.63, 3.8) is 0 Å². The number of phenolic OH excluding ortho intramolecular Hbond substituents is 1. The summed E-state index contributed by atoms with van der Waals surface area (Å²) in [5, 5.41) is 17.8. The SMILES string of the molecule is CC(C=Cc1ccc(O)cc1)=C(C)C(=O)O. The van der Waals surface area contributed by atoms with Crippen LogP contribution in [-0.4, -0.2) is 16.2 Å². The van der Waals surface area contributed by atoms with Crippen molar-refractivity contribution < 1.29 is 15.0 Å². The summed E-state index contributed by atoms with van der Waals surface area (Å²) in [7, 11) is 0. The maximum absolute atomic E-state index is 10.7. The first-order valence-corrected chi connectivity index (χ1v) is 4.88. The second kappa shape index (κ2) is 5.16. The molecule has 16 heavy (non-hydrogen) atoms. The van der Waals surface area contributed by atoms with Crippen LogP contribution in [0.15, 0.2) is 41.5 Å². The van der Waals surface area contributed by atoms with Crippen molar-refractivity contribution in [2.45, 2.75) is 13.8 Å². The van der Waals surface area contributed by atoms with Crippen LogP contribution in [0.5, 0.6) is 5.75 Å². The van der Waals surface area contributed by atoms with E-state index in [4.69, 9.17) is 10.2 Å². The molecule has 0 aliphatic carbocycles. The molecule has 0 aliphatic heterocycles. The molecular formula is C13H14O3. The zero-order valence-electron chi connectivity index (χ0n) is 9.27. The first-order valence-electron chi connectivity index (χ1n) is 4.88. The van der Waals surface area contributed by atoms with Crippen LogP contribution in [0.2, 0.25) is 0 Å². The van der Waals surface area contributed by atoms with Gasteiger partial charge < -0.3 is 10.2 Å². The fourth-order valence-corrected chi connectivity index (χ4v) is 1.10. The minimum atomic E-state index is -0.909. The number of benzene rings is 1.